The summed E-state index contributed by atoms with van der Waals surface area (Å²) in [7, 11) is -1.20. The minimum absolute atomic E-state index is 0.333. The summed E-state index contributed by atoms with van der Waals surface area (Å²) >= 11 is 0. The SMILES string of the molecule is CCOC(=O)[C@@H](/C=C/C[Si](C)(C)C)[C@H](O)CCc1ccccc1. The third-order valence-corrected chi connectivity index (χ3v) is 5.08. The van der Waals surface area contributed by atoms with Gasteiger partial charge in [0.2, 0.25) is 0 Å². The van der Waals surface area contributed by atoms with Gasteiger partial charge in [-0.25, -0.2) is 0 Å². The highest BCUT2D eigenvalue weighted by Crippen LogP contribution is 2.17. The van der Waals surface area contributed by atoms with E-state index in [-0.39, 0.29) is 5.97 Å². The van der Waals surface area contributed by atoms with Crippen molar-refractivity contribution in [3.8, 4) is 0 Å². The molecule has 1 aromatic rings. The van der Waals surface area contributed by atoms with Gasteiger partial charge in [0.1, 0.15) is 5.92 Å². The summed E-state index contributed by atoms with van der Waals surface area (Å²) in [5.41, 5.74) is 1.17. The lowest BCUT2D eigenvalue weighted by Crippen LogP contribution is -2.29. The maximum atomic E-state index is 12.1. The summed E-state index contributed by atoms with van der Waals surface area (Å²) in [4.78, 5) is 12.1. The summed E-state index contributed by atoms with van der Waals surface area (Å²) < 4.78 is 5.12. The summed E-state index contributed by atoms with van der Waals surface area (Å²) in [5.74, 6) is -0.908. The van der Waals surface area contributed by atoms with Gasteiger partial charge in [-0.05, 0) is 31.4 Å². The number of aliphatic hydroxyl groups is 1. The molecule has 0 unspecified atom stereocenters. The van der Waals surface area contributed by atoms with Gasteiger partial charge in [0.25, 0.3) is 0 Å². The van der Waals surface area contributed by atoms with Crippen LogP contribution in [0.3, 0.4) is 0 Å². The molecular weight excluding hydrogens is 304 g/mol. The van der Waals surface area contributed by atoms with Crippen LogP contribution in [0.15, 0.2) is 42.5 Å². The van der Waals surface area contributed by atoms with Crippen LogP contribution in [0.1, 0.15) is 18.9 Å². The predicted octanol–water partition coefficient (Wildman–Crippen LogP) is 4.05. The Morgan fingerprint density at radius 1 is 1.26 bits per heavy atom. The molecule has 0 saturated carbocycles. The van der Waals surface area contributed by atoms with Crippen LogP contribution < -0.4 is 0 Å². The summed E-state index contributed by atoms with van der Waals surface area (Å²) in [6, 6.07) is 11.0. The van der Waals surface area contributed by atoms with E-state index < -0.39 is 20.1 Å². The molecule has 0 aromatic heterocycles. The van der Waals surface area contributed by atoms with Crippen LogP contribution in [0.2, 0.25) is 25.7 Å². The van der Waals surface area contributed by atoms with Crippen molar-refractivity contribution in [2.45, 2.75) is 51.6 Å². The minimum Gasteiger partial charge on any atom is -0.465 e. The van der Waals surface area contributed by atoms with Crippen molar-refractivity contribution in [3.63, 3.8) is 0 Å². The van der Waals surface area contributed by atoms with E-state index in [0.29, 0.717) is 13.0 Å². The van der Waals surface area contributed by atoms with E-state index in [2.05, 4.69) is 19.6 Å². The number of ether oxygens (including phenoxy) is 1. The third kappa shape index (κ3) is 8.14. The number of rotatable bonds is 9. The van der Waals surface area contributed by atoms with Crippen LogP contribution in [0.4, 0.5) is 0 Å². The first-order valence-electron chi connectivity index (χ1n) is 8.39. The van der Waals surface area contributed by atoms with Crippen molar-refractivity contribution in [2.75, 3.05) is 6.61 Å². The number of aryl methyl sites for hydroxylation is 1. The maximum Gasteiger partial charge on any atom is 0.315 e. The van der Waals surface area contributed by atoms with Crippen LogP contribution in [-0.4, -0.2) is 31.9 Å². The maximum absolute atomic E-state index is 12.1. The Morgan fingerprint density at radius 2 is 1.91 bits per heavy atom. The van der Waals surface area contributed by atoms with E-state index in [4.69, 9.17) is 4.74 Å². The summed E-state index contributed by atoms with van der Waals surface area (Å²) in [6.45, 7) is 8.97. The van der Waals surface area contributed by atoms with E-state index in [1.807, 2.05) is 42.5 Å². The molecule has 1 N–H and O–H groups in total. The van der Waals surface area contributed by atoms with Crippen LogP contribution in [0, 0.1) is 5.92 Å². The molecule has 23 heavy (non-hydrogen) atoms. The highest BCUT2D eigenvalue weighted by Gasteiger charge is 2.25. The summed E-state index contributed by atoms with van der Waals surface area (Å²) in [5, 5.41) is 10.5. The van der Waals surface area contributed by atoms with Crippen LogP contribution in [-0.2, 0) is 16.0 Å². The van der Waals surface area contributed by atoms with Gasteiger partial charge in [-0.2, -0.15) is 0 Å². The van der Waals surface area contributed by atoms with E-state index in [1.165, 1.54) is 5.56 Å². The average Bonchev–Trinajstić information content (AvgIpc) is 2.49. The molecule has 0 aliphatic carbocycles. The van der Waals surface area contributed by atoms with Gasteiger partial charge in [-0.15, -0.1) is 0 Å². The van der Waals surface area contributed by atoms with Crippen molar-refractivity contribution >= 4 is 14.0 Å². The average molecular weight is 335 g/mol. The van der Waals surface area contributed by atoms with Crippen LogP contribution in [0.5, 0.6) is 0 Å². The molecular formula is C19H30O3Si. The monoisotopic (exact) mass is 334 g/mol. The highest BCUT2D eigenvalue weighted by molar-refractivity contribution is 6.76. The fourth-order valence-corrected chi connectivity index (χ4v) is 3.15. The fraction of sp³-hybridized carbons (Fsp3) is 0.526. The molecule has 1 rings (SSSR count). The molecule has 0 amide bonds. The van der Waals surface area contributed by atoms with Crippen LogP contribution in [0.25, 0.3) is 0 Å². The quantitative estimate of drug-likeness (QED) is 0.421. The molecule has 0 radical (unpaired) electrons. The first-order valence-corrected chi connectivity index (χ1v) is 12.1. The summed E-state index contributed by atoms with van der Waals surface area (Å²) in [6.07, 6.45) is 4.46. The van der Waals surface area contributed by atoms with Crippen molar-refractivity contribution in [1.29, 1.82) is 0 Å². The lowest BCUT2D eigenvalue weighted by molar-refractivity contribution is -0.149. The predicted molar refractivity (Wildman–Crippen MR) is 98.2 cm³/mol. The number of benzene rings is 1. The minimum atomic E-state index is -1.20. The van der Waals surface area contributed by atoms with Gasteiger partial charge in [0.05, 0.1) is 12.7 Å². The molecule has 0 aliphatic heterocycles. The Balaban J connectivity index is 2.68. The van der Waals surface area contributed by atoms with Gasteiger partial charge in [-0.1, -0.05) is 62.1 Å². The Labute approximate surface area is 141 Å². The molecule has 128 valence electrons. The molecule has 0 fully saturated rings. The molecule has 2 atom stereocenters. The number of hydrogen-bond donors (Lipinski definition) is 1. The second kappa shape index (κ2) is 9.68. The van der Waals surface area contributed by atoms with E-state index >= 15 is 0 Å². The molecule has 0 bridgehead atoms. The first kappa shape index (κ1) is 19.7. The van der Waals surface area contributed by atoms with Gasteiger partial charge in [0.15, 0.2) is 0 Å². The molecule has 3 nitrogen and oxygen atoms in total. The molecule has 0 spiro atoms. The van der Waals surface area contributed by atoms with Crippen molar-refractivity contribution in [2.24, 2.45) is 5.92 Å². The standard InChI is InChI=1S/C19H30O3Si/c1-5-22-19(21)17(12-9-15-23(2,3)4)18(20)14-13-16-10-7-6-8-11-16/h6-12,17-18,20H,5,13-15H2,1-4H3/b12-9+/t17-,18+/m0/s1. The smallest absolute Gasteiger partial charge is 0.315 e. The number of esters is 1. The zero-order valence-electron chi connectivity index (χ0n) is 14.8. The number of hydrogen-bond acceptors (Lipinski definition) is 3. The van der Waals surface area contributed by atoms with Gasteiger partial charge in [-0.3, -0.25) is 4.79 Å². The molecule has 1 aromatic carbocycles. The molecule has 0 aliphatic rings. The zero-order valence-corrected chi connectivity index (χ0v) is 15.8. The fourth-order valence-electron chi connectivity index (χ4n) is 2.31. The van der Waals surface area contributed by atoms with Gasteiger partial charge < -0.3 is 9.84 Å². The van der Waals surface area contributed by atoms with Crippen LogP contribution >= 0.6 is 0 Å². The Hall–Kier alpha value is -1.39. The van der Waals surface area contributed by atoms with Gasteiger partial charge >= 0.3 is 5.97 Å². The zero-order chi connectivity index (χ0) is 17.3. The van der Waals surface area contributed by atoms with E-state index in [9.17, 15) is 9.90 Å². The first-order chi connectivity index (χ1) is 10.8. The largest absolute Gasteiger partial charge is 0.465 e. The Morgan fingerprint density at radius 3 is 2.48 bits per heavy atom. The lowest BCUT2D eigenvalue weighted by Gasteiger charge is -2.19. The lowest BCUT2D eigenvalue weighted by atomic mass is 9.96. The van der Waals surface area contributed by atoms with Crippen molar-refractivity contribution < 1.29 is 14.6 Å². The van der Waals surface area contributed by atoms with Crippen molar-refractivity contribution in [1.82, 2.24) is 0 Å². The Bertz CT molecular complexity index is 491. The number of aliphatic hydroxyl groups excluding tert-OH is 1. The van der Waals surface area contributed by atoms with Crippen molar-refractivity contribution in [3.05, 3.63) is 48.0 Å². The molecule has 0 heterocycles. The normalized spacial score (nSPS) is 14.7. The molecule has 4 heteroatoms. The Kier molecular flexibility index (Phi) is 8.27. The highest BCUT2D eigenvalue weighted by atomic mass is 28.3. The number of carbonyl (C=O) groups excluding carboxylic acids is 1. The number of allylic oxidation sites excluding steroid dienone is 1. The topological polar surface area (TPSA) is 46.5 Å². The van der Waals surface area contributed by atoms with E-state index in [1.54, 1.807) is 6.92 Å². The second-order valence-electron chi connectivity index (χ2n) is 7.06. The third-order valence-electron chi connectivity index (χ3n) is 3.62. The number of carbonyl (C=O) groups is 1. The van der Waals surface area contributed by atoms with E-state index in [0.717, 1.165) is 12.5 Å². The molecule has 0 saturated heterocycles. The second-order valence-corrected chi connectivity index (χ2v) is 12.6. The van der Waals surface area contributed by atoms with Gasteiger partial charge in [0, 0.05) is 8.07 Å².